The Morgan fingerprint density at radius 3 is 2.60 bits per heavy atom. The van der Waals surface area contributed by atoms with Gasteiger partial charge in [0.2, 0.25) is 11.8 Å². The summed E-state index contributed by atoms with van der Waals surface area (Å²) in [6, 6.07) is 7.62. The second kappa shape index (κ2) is 8.92. The molecule has 1 aromatic rings. The quantitative estimate of drug-likeness (QED) is 0.786. The van der Waals surface area contributed by atoms with Crippen molar-refractivity contribution in [2.24, 2.45) is 0 Å². The molecule has 0 saturated carbocycles. The fourth-order valence-corrected chi connectivity index (χ4v) is 2.55. The number of likely N-dealkylation sites (N-methyl/N-ethyl adjacent to an activating group) is 1. The minimum Gasteiger partial charge on any atom is -0.336 e. The number of benzene rings is 1. The number of hydrogen-bond acceptors (Lipinski definition) is 4. The molecule has 0 aromatic heterocycles. The number of carbonyl (C=O) groups is 2. The van der Waals surface area contributed by atoms with Crippen molar-refractivity contribution in [3.05, 3.63) is 24.3 Å². The number of thioether (sulfide) groups is 2. The number of nitrogens with one attached hydrogen (secondary N) is 1. The number of para-hydroxylation sites is 1. The predicted octanol–water partition coefficient (Wildman–Crippen LogP) is 2.56. The molecule has 0 radical (unpaired) electrons. The van der Waals surface area contributed by atoms with Gasteiger partial charge in [-0.2, -0.15) is 11.8 Å². The topological polar surface area (TPSA) is 49.4 Å². The van der Waals surface area contributed by atoms with Crippen molar-refractivity contribution in [1.29, 1.82) is 0 Å². The maximum Gasteiger partial charge on any atom is 0.244 e. The molecule has 110 valence electrons. The van der Waals surface area contributed by atoms with Crippen LogP contribution in [0.2, 0.25) is 0 Å². The van der Waals surface area contributed by atoms with Gasteiger partial charge in [0.1, 0.15) is 0 Å². The van der Waals surface area contributed by atoms with Crippen LogP contribution in [0.15, 0.2) is 29.2 Å². The van der Waals surface area contributed by atoms with Crippen LogP contribution in [0.5, 0.6) is 0 Å². The van der Waals surface area contributed by atoms with Crippen LogP contribution in [0.1, 0.15) is 6.42 Å². The van der Waals surface area contributed by atoms with E-state index in [2.05, 4.69) is 5.32 Å². The van der Waals surface area contributed by atoms with Crippen LogP contribution in [-0.2, 0) is 9.59 Å². The Kier molecular flexibility index (Phi) is 7.54. The molecule has 0 fully saturated rings. The summed E-state index contributed by atoms with van der Waals surface area (Å²) >= 11 is 3.20. The van der Waals surface area contributed by atoms with Crippen molar-refractivity contribution in [2.75, 3.05) is 37.2 Å². The van der Waals surface area contributed by atoms with Gasteiger partial charge in [0.15, 0.2) is 0 Å². The largest absolute Gasteiger partial charge is 0.336 e. The maximum atomic E-state index is 11.9. The van der Waals surface area contributed by atoms with Gasteiger partial charge in [-0.15, -0.1) is 11.8 Å². The molecule has 1 rings (SSSR count). The van der Waals surface area contributed by atoms with Crippen LogP contribution >= 0.6 is 23.5 Å². The third-order valence-corrected chi connectivity index (χ3v) is 4.12. The normalized spacial score (nSPS) is 10.2. The van der Waals surface area contributed by atoms with Crippen molar-refractivity contribution >= 4 is 41.0 Å². The Labute approximate surface area is 128 Å². The average molecular weight is 312 g/mol. The molecular formula is C14H20N2O2S2. The summed E-state index contributed by atoms with van der Waals surface area (Å²) in [4.78, 5) is 26.2. The molecule has 0 spiro atoms. The van der Waals surface area contributed by atoms with Gasteiger partial charge in [0.05, 0.1) is 12.2 Å². The number of nitrogens with zero attached hydrogens (tertiary/aromatic N) is 1. The Balaban J connectivity index is 2.53. The third kappa shape index (κ3) is 5.46. The van der Waals surface area contributed by atoms with Crippen molar-refractivity contribution in [3.63, 3.8) is 0 Å². The third-order valence-electron chi connectivity index (χ3n) is 2.71. The molecule has 0 atom stereocenters. The Morgan fingerprint density at radius 2 is 1.95 bits per heavy atom. The van der Waals surface area contributed by atoms with Gasteiger partial charge < -0.3 is 10.2 Å². The first-order valence-electron chi connectivity index (χ1n) is 6.24. The zero-order valence-electron chi connectivity index (χ0n) is 12.0. The van der Waals surface area contributed by atoms with Gasteiger partial charge in [-0.1, -0.05) is 12.1 Å². The van der Waals surface area contributed by atoms with Gasteiger partial charge in [-0.25, -0.2) is 0 Å². The van der Waals surface area contributed by atoms with E-state index in [1.807, 2.05) is 36.8 Å². The van der Waals surface area contributed by atoms with Crippen molar-refractivity contribution in [3.8, 4) is 0 Å². The molecule has 0 saturated heterocycles. The van der Waals surface area contributed by atoms with E-state index >= 15 is 0 Å². The lowest BCUT2D eigenvalue weighted by Gasteiger charge is -2.17. The van der Waals surface area contributed by atoms with E-state index in [1.54, 1.807) is 30.6 Å². The minimum absolute atomic E-state index is 0.00680. The fraction of sp³-hybridized carbons (Fsp3) is 0.429. The van der Waals surface area contributed by atoms with E-state index in [1.165, 1.54) is 4.90 Å². The van der Waals surface area contributed by atoms with E-state index in [0.717, 1.165) is 16.3 Å². The zero-order valence-corrected chi connectivity index (χ0v) is 13.6. The maximum absolute atomic E-state index is 11.9. The molecule has 0 bridgehead atoms. The molecule has 1 N–H and O–H groups in total. The summed E-state index contributed by atoms with van der Waals surface area (Å²) in [6.45, 7) is 0.0793. The average Bonchev–Trinajstić information content (AvgIpc) is 2.45. The van der Waals surface area contributed by atoms with Gasteiger partial charge in [-0.3, -0.25) is 9.59 Å². The number of hydrogen-bond donors (Lipinski definition) is 1. The second-order valence-electron chi connectivity index (χ2n) is 4.24. The van der Waals surface area contributed by atoms with Crippen LogP contribution in [-0.4, -0.2) is 48.6 Å². The van der Waals surface area contributed by atoms with Crippen LogP contribution in [0.25, 0.3) is 0 Å². The molecule has 2 amide bonds. The SMILES string of the molecule is CSCCC(=O)N(C)CC(=O)Nc1ccccc1SC. The minimum atomic E-state index is -0.175. The number of carbonyl (C=O) groups excluding carboxylic acids is 2. The molecule has 1 aromatic carbocycles. The molecule has 20 heavy (non-hydrogen) atoms. The Hall–Kier alpha value is -1.14. The highest BCUT2D eigenvalue weighted by Crippen LogP contribution is 2.24. The van der Waals surface area contributed by atoms with Crippen molar-refractivity contribution in [1.82, 2.24) is 4.90 Å². The van der Waals surface area contributed by atoms with Crippen molar-refractivity contribution < 1.29 is 9.59 Å². The highest BCUT2D eigenvalue weighted by Gasteiger charge is 2.13. The van der Waals surface area contributed by atoms with Crippen LogP contribution in [0, 0.1) is 0 Å². The number of rotatable bonds is 7. The Morgan fingerprint density at radius 1 is 1.25 bits per heavy atom. The Bertz CT molecular complexity index is 466. The summed E-state index contributed by atoms with van der Waals surface area (Å²) in [6.07, 6.45) is 4.38. The first kappa shape index (κ1) is 16.9. The molecule has 0 aliphatic heterocycles. The van der Waals surface area contributed by atoms with Gasteiger partial charge in [0, 0.05) is 24.1 Å². The molecule has 4 nitrogen and oxygen atoms in total. The molecule has 6 heteroatoms. The molecular weight excluding hydrogens is 292 g/mol. The van der Waals surface area contributed by atoms with Crippen molar-refractivity contribution in [2.45, 2.75) is 11.3 Å². The second-order valence-corrected chi connectivity index (χ2v) is 6.07. The smallest absolute Gasteiger partial charge is 0.244 e. The van der Waals surface area contributed by atoms with E-state index in [4.69, 9.17) is 0 Å². The highest BCUT2D eigenvalue weighted by molar-refractivity contribution is 7.98. The number of amides is 2. The summed E-state index contributed by atoms with van der Waals surface area (Å²) in [5.41, 5.74) is 0.787. The molecule has 0 heterocycles. The van der Waals surface area contributed by atoms with Gasteiger partial charge >= 0.3 is 0 Å². The lowest BCUT2D eigenvalue weighted by molar-refractivity contribution is -0.132. The lowest BCUT2D eigenvalue weighted by atomic mass is 10.3. The highest BCUT2D eigenvalue weighted by atomic mass is 32.2. The van der Waals surface area contributed by atoms with Gasteiger partial charge in [-0.05, 0) is 24.6 Å². The van der Waals surface area contributed by atoms with Gasteiger partial charge in [0.25, 0.3) is 0 Å². The zero-order chi connectivity index (χ0) is 15.0. The summed E-state index contributed by atoms with van der Waals surface area (Å²) in [5.74, 6) is 0.597. The molecule has 0 unspecified atom stereocenters. The first-order chi connectivity index (χ1) is 9.58. The fourth-order valence-electron chi connectivity index (χ4n) is 1.62. The standard InChI is InChI=1S/C14H20N2O2S2/c1-16(14(18)8-9-19-2)10-13(17)15-11-6-4-5-7-12(11)20-3/h4-7H,8-10H2,1-3H3,(H,15,17). The van der Waals surface area contributed by atoms with E-state index in [9.17, 15) is 9.59 Å². The molecule has 0 aliphatic rings. The summed E-state index contributed by atoms with van der Waals surface area (Å²) < 4.78 is 0. The lowest BCUT2D eigenvalue weighted by Crippen LogP contribution is -2.35. The summed E-state index contributed by atoms with van der Waals surface area (Å²) in [7, 11) is 1.66. The van der Waals surface area contributed by atoms with E-state index in [0.29, 0.717) is 6.42 Å². The van der Waals surface area contributed by atoms with E-state index in [-0.39, 0.29) is 18.4 Å². The summed E-state index contributed by atoms with van der Waals surface area (Å²) in [5, 5.41) is 2.84. The number of anilines is 1. The predicted molar refractivity (Wildman–Crippen MR) is 87.5 cm³/mol. The van der Waals surface area contributed by atoms with Crippen LogP contribution in [0.4, 0.5) is 5.69 Å². The van der Waals surface area contributed by atoms with Crippen LogP contribution in [0.3, 0.4) is 0 Å². The first-order valence-corrected chi connectivity index (χ1v) is 8.86. The van der Waals surface area contributed by atoms with Crippen LogP contribution < -0.4 is 5.32 Å². The van der Waals surface area contributed by atoms with E-state index < -0.39 is 0 Å². The monoisotopic (exact) mass is 312 g/mol. The molecule has 0 aliphatic carbocycles.